The van der Waals surface area contributed by atoms with Crippen LogP contribution in [0.4, 0.5) is 11.4 Å². The molecule has 0 heterocycles. The molecule has 6 nitrogen and oxygen atoms in total. The Morgan fingerprint density at radius 2 is 1.69 bits per heavy atom. The zero-order valence-electron chi connectivity index (χ0n) is 15.6. The van der Waals surface area contributed by atoms with Crippen LogP contribution in [-0.4, -0.2) is 21.4 Å². The molecule has 0 atom stereocenters. The number of benzene rings is 3. The summed E-state index contributed by atoms with van der Waals surface area (Å²) in [4.78, 5) is 12.4. The van der Waals surface area contributed by atoms with Crippen LogP contribution in [0.25, 0.3) is 0 Å². The Morgan fingerprint density at radius 1 is 0.966 bits per heavy atom. The van der Waals surface area contributed by atoms with Gasteiger partial charge in [0.15, 0.2) is 0 Å². The summed E-state index contributed by atoms with van der Waals surface area (Å²) in [6.07, 6.45) is 0.101. The predicted molar refractivity (Wildman–Crippen MR) is 114 cm³/mol. The van der Waals surface area contributed by atoms with Crippen molar-refractivity contribution >= 4 is 38.9 Å². The van der Waals surface area contributed by atoms with Crippen molar-refractivity contribution in [3.63, 3.8) is 0 Å². The average molecular weight is 431 g/mol. The zero-order chi connectivity index (χ0) is 20.9. The minimum absolute atomic E-state index is 0.0301. The van der Waals surface area contributed by atoms with Crippen molar-refractivity contribution in [2.45, 2.75) is 11.3 Å². The molecule has 3 aromatic carbocycles. The lowest BCUT2D eigenvalue weighted by molar-refractivity contribution is -0.115. The van der Waals surface area contributed by atoms with Gasteiger partial charge in [0, 0.05) is 22.0 Å². The molecule has 3 rings (SSSR count). The molecule has 0 spiro atoms. The van der Waals surface area contributed by atoms with Gasteiger partial charge in [-0.25, -0.2) is 8.42 Å². The molecule has 3 aromatic rings. The minimum atomic E-state index is -3.82. The van der Waals surface area contributed by atoms with Crippen LogP contribution in [-0.2, 0) is 21.2 Å². The number of para-hydroxylation sites is 1. The normalized spacial score (nSPS) is 11.0. The Labute approximate surface area is 174 Å². The fourth-order valence-electron chi connectivity index (χ4n) is 2.70. The predicted octanol–water partition coefficient (Wildman–Crippen LogP) is 4.33. The number of carbonyl (C=O) groups excluding carboxylic acids is 1. The molecule has 0 saturated heterocycles. The van der Waals surface area contributed by atoms with Gasteiger partial charge in [-0.3, -0.25) is 9.52 Å². The molecule has 0 bridgehead atoms. The Morgan fingerprint density at radius 3 is 2.41 bits per heavy atom. The highest BCUT2D eigenvalue weighted by atomic mass is 35.5. The van der Waals surface area contributed by atoms with Crippen molar-refractivity contribution in [1.82, 2.24) is 0 Å². The number of hydrogen-bond acceptors (Lipinski definition) is 4. The quantitative estimate of drug-likeness (QED) is 0.584. The lowest BCUT2D eigenvalue weighted by Gasteiger charge is -2.11. The maximum atomic E-state index is 12.6. The largest absolute Gasteiger partial charge is 0.496 e. The first kappa shape index (κ1) is 20.7. The monoisotopic (exact) mass is 430 g/mol. The van der Waals surface area contributed by atoms with E-state index >= 15 is 0 Å². The smallest absolute Gasteiger partial charge is 0.261 e. The third kappa shape index (κ3) is 5.49. The number of sulfonamides is 1. The Balaban J connectivity index is 1.73. The summed E-state index contributed by atoms with van der Waals surface area (Å²) in [7, 11) is -2.28. The van der Waals surface area contributed by atoms with Gasteiger partial charge in [-0.1, -0.05) is 35.9 Å². The second-order valence-electron chi connectivity index (χ2n) is 6.18. The van der Waals surface area contributed by atoms with Crippen LogP contribution in [0.15, 0.2) is 77.7 Å². The average Bonchev–Trinajstić information content (AvgIpc) is 2.70. The van der Waals surface area contributed by atoms with Gasteiger partial charge in [-0.05, 0) is 48.5 Å². The molecular formula is C21H19ClN2O4S. The van der Waals surface area contributed by atoms with Crippen molar-refractivity contribution in [2.24, 2.45) is 0 Å². The molecule has 8 heteroatoms. The van der Waals surface area contributed by atoms with E-state index in [2.05, 4.69) is 10.0 Å². The number of amides is 1. The number of rotatable bonds is 7. The van der Waals surface area contributed by atoms with E-state index in [0.29, 0.717) is 22.1 Å². The van der Waals surface area contributed by atoms with Crippen LogP contribution in [0.5, 0.6) is 5.75 Å². The minimum Gasteiger partial charge on any atom is -0.496 e. The number of methoxy groups -OCH3 is 1. The Kier molecular flexibility index (Phi) is 6.41. The first-order chi connectivity index (χ1) is 13.9. The molecule has 0 aromatic heterocycles. The van der Waals surface area contributed by atoms with Gasteiger partial charge in [0.25, 0.3) is 10.0 Å². The van der Waals surface area contributed by atoms with Crippen molar-refractivity contribution in [1.29, 1.82) is 0 Å². The molecule has 0 aliphatic heterocycles. The van der Waals surface area contributed by atoms with Crippen LogP contribution in [0.2, 0.25) is 5.02 Å². The van der Waals surface area contributed by atoms with E-state index in [1.807, 2.05) is 12.1 Å². The summed E-state index contributed by atoms with van der Waals surface area (Å²) in [5.41, 5.74) is 1.50. The van der Waals surface area contributed by atoms with Crippen LogP contribution in [0, 0.1) is 0 Å². The third-order valence-electron chi connectivity index (χ3n) is 4.07. The van der Waals surface area contributed by atoms with Crippen LogP contribution >= 0.6 is 11.6 Å². The maximum Gasteiger partial charge on any atom is 0.261 e. The SMILES string of the molecule is COc1ccccc1CC(=O)Nc1cccc(S(=O)(=O)Nc2ccc(Cl)cc2)c1. The second kappa shape index (κ2) is 8.98. The molecule has 0 aliphatic carbocycles. The van der Waals surface area contributed by atoms with Crippen LogP contribution in [0.1, 0.15) is 5.56 Å². The van der Waals surface area contributed by atoms with E-state index in [0.717, 1.165) is 5.56 Å². The van der Waals surface area contributed by atoms with Crippen molar-refractivity contribution in [3.8, 4) is 5.75 Å². The topological polar surface area (TPSA) is 84.5 Å². The van der Waals surface area contributed by atoms with E-state index in [4.69, 9.17) is 16.3 Å². The Hall–Kier alpha value is -3.03. The highest BCUT2D eigenvalue weighted by Gasteiger charge is 2.16. The van der Waals surface area contributed by atoms with E-state index in [1.54, 1.807) is 55.6 Å². The van der Waals surface area contributed by atoms with Crippen LogP contribution in [0.3, 0.4) is 0 Å². The van der Waals surface area contributed by atoms with Gasteiger partial charge >= 0.3 is 0 Å². The van der Waals surface area contributed by atoms with E-state index in [1.165, 1.54) is 12.1 Å². The molecule has 29 heavy (non-hydrogen) atoms. The highest BCUT2D eigenvalue weighted by Crippen LogP contribution is 2.22. The van der Waals surface area contributed by atoms with E-state index in [9.17, 15) is 13.2 Å². The molecule has 0 unspecified atom stereocenters. The number of ether oxygens (including phenoxy) is 1. The molecule has 0 saturated carbocycles. The lowest BCUT2D eigenvalue weighted by Crippen LogP contribution is -2.16. The number of halogens is 1. The fraction of sp³-hybridized carbons (Fsp3) is 0.0952. The number of anilines is 2. The van der Waals surface area contributed by atoms with Crippen molar-refractivity contribution < 1.29 is 17.9 Å². The number of nitrogens with one attached hydrogen (secondary N) is 2. The van der Waals surface area contributed by atoms with Crippen molar-refractivity contribution in [3.05, 3.63) is 83.4 Å². The molecule has 2 N–H and O–H groups in total. The molecule has 0 aliphatic rings. The van der Waals surface area contributed by atoms with Crippen molar-refractivity contribution in [2.75, 3.05) is 17.1 Å². The molecular weight excluding hydrogens is 412 g/mol. The van der Waals surface area contributed by atoms with E-state index < -0.39 is 10.0 Å². The summed E-state index contributed by atoms with van der Waals surface area (Å²) in [6, 6.07) is 19.6. The summed E-state index contributed by atoms with van der Waals surface area (Å²) >= 11 is 5.82. The highest BCUT2D eigenvalue weighted by molar-refractivity contribution is 7.92. The third-order valence-corrected chi connectivity index (χ3v) is 5.70. The van der Waals surface area contributed by atoms with Gasteiger partial charge < -0.3 is 10.1 Å². The number of carbonyl (C=O) groups is 1. The standard InChI is InChI=1S/C21H19ClN2O4S/c1-28-20-8-3-2-5-15(20)13-21(25)23-18-6-4-7-19(14-18)29(26,27)24-17-11-9-16(22)10-12-17/h2-12,14,24H,13H2,1H3,(H,23,25). The summed E-state index contributed by atoms with van der Waals surface area (Å²) in [5, 5.41) is 3.23. The van der Waals surface area contributed by atoms with Gasteiger partial charge in [-0.15, -0.1) is 0 Å². The molecule has 0 fully saturated rings. The molecule has 150 valence electrons. The number of hydrogen-bond donors (Lipinski definition) is 2. The first-order valence-electron chi connectivity index (χ1n) is 8.67. The molecule has 0 radical (unpaired) electrons. The summed E-state index contributed by atoms with van der Waals surface area (Å²) < 4.78 is 33.0. The lowest BCUT2D eigenvalue weighted by atomic mass is 10.1. The second-order valence-corrected chi connectivity index (χ2v) is 8.30. The molecule has 1 amide bonds. The van der Waals surface area contributed by atoms with Gasteiger partial charge in [0.05, 0.1) is 18.4 Å². The zero-order valence-corrected chi connectivity index (χ0v) is 17.1. The Bertz CT molecular complexity index is 1120. The van der Waals surface area contributed by atoms with E-state index in [-0.39, 0.29) is 17.2 Å². The maximum absolute atomic E-state index is 12.6. The summed E-state index contributed by atoms with van der Waals surface area (Å²) in [5.74, 6) is 0.334. The first-order valence-corrected chi connectivity index (χ1v) is 10.5. The fourth-order valence-corrected chi connectivity index (χ4v) is 3.93. The van der Waals surface area contributed by atoms with Gasteiger partial charge in [0.1, 0.15) is 5.75 Å². The summed E-state index contributed by atoms with van der Waals surface area (Å²) in [6.45, 7) is 0. The van der Waals surface area contributed by atoms with Gasteiger partial charge in [-0.2, -0.15) is 0 Å². The van der Waals surface area contributed by atoms with Crippen LogP contribution < -0.4 is 14.8 Å². The van der Waals surface area contributed by atoms with Gasteiger partial charge in [0.2, 0.25) is 5.91 Å².